The SMILES string of the molecule is C=CCO[P+](=O)P=O.COCCOCCOCCOP=O.O=PP=O.O=PP=O.O=PP=O.O=PP=O.O=PP=O.O=PP=O.O=PP=O.O=PP=O.O=PP=O.O=PP=O.O=PP=O.O=PP=O.O=PP=O.O=PP=O.O=PP=O.O=PP=O.O=PP=O.O=PP=O.O=PP=O.O=PP=O.O=PP=O.O=PP=O.O=PP=O.O=PP=O.O=PP=O.O=PP=O.O=PP=O.O=PP=O.O=PP=O. The summed E-state index contributed by atoms with van der Waals surface area (Å²) in [5.41, 5.74) is 0. The maximum absolute atomic E-state index is 10.1. The molecule has 0 saturated heterocycles. The molecule has 0 spiro atoms. The van der Waals surface area contributed by atoms with Crippen LogP contribution in [0.3, 0.4) is 0 Å². The van der Waals surface area contributed by atoms with Crippen LogP contribution in [0.15, 0.2) is 12.7 Å². The van der Waals surface area contributed by atoms with Crippen LogP contribution in [0.5, 0.6) is 0 Å². The summed E-state index contributed by atoms with van der Waals surface area (Å²) in [6.45, 7) is 6.49. The van der Waals surface area contributed by atoms with Crippen molar-refractivity contribution in [1.82, 2.24) is 0 Å². The van der Waals surface area contributed by atoms with E-state index in [-0.39, 0.29) is 488 Å². The summed E-state index contributed by atoms with van der Waals surface area (Å²) in [5, 5.41) is 0. The van der Waals surface area contributed by atoms with Gasteiger partial charge in [0.2, 0.25) is 0 Å². The number of ether oxygens (including phenoxy) is 3. The molecule has 0 amide bonds. The monoisotopic (exact) mass is 3090 g/mol. The van der Waals surface area contributed by atoms with E-state index in [4.69, 9.17) is 279 Å². The summed E-state index contributed by atoms with van der Waals surface area (Å²) >= 11 is 0. The van der Waals surface area contributed by atoms with Crippen LogP contribution in [-0.2, 0) is 302 Å². The van der Waals surface area contributed by atoms with Crippen LogP contribution >= 0.6 is 497 Å². The largest absolute Gasteiger partial charge is 0.609 e. The number of rotatable bonds is 43. The maximum atomic E-state index is 10.1. The highest BCUT2D eigenvalue weighted by atomic mass is 32.1. The normalized spacial score (nSPS) is 9.31. The highest BCUT2D eigenvalue weighted by Gasteiger charge is 2.15. The Morgan fingerprint density at radius 1 is 0.168 bits per heavy atom. The molecular weight excluding hydrogens is 3070 g/mol. The second kappa shape index (κ2) is 420. The van der Waals surface area contributed by atoms with Gasteiger partial charge in [-0.1, -0.05) is 6.08 Å². The molecule has 0 aromatic carbocycles. The van der Waals surface area contributed by atoms with E-state index >= 15 is 0 Å². The van der Waals surface area contributed by atoms with Crippen molar-refractivity contribution in [1.29, 1.82) is 0 Å². The zero-order valence-corrected chi connectivity index (χ0v) is 116. The number of methoxy groups -OCH3 is 1. The topological polar surface area (TPSA) is 1090 Å². The highest BCUT2D eigenvalue weighted by Crippen LogP contribution is 2.36. The third kappa shape index (κ3) is 1080. The van der Waals surface area contributed by atoms with Crippen molar-refractivity contribution < 1.29 is 302 Å². The van der Waals surface area contributed by atoms with E-state index in [9.17, 15) is 13.7 Å². The summed E-state index contributed by atoms with van der Waals surface area (Å²) in [7, 11) is -20.5. The first-order valence-corrected chi connectivity index (χ1v) is 93.3. The maximum Gasteiger partial charge on any atom is 0.609 e. The molecule has 0 aromatic rings. The van der Waals surface area contributed by atoms with Crippen molar-refractivity contribution in [2.75, 3.05) is 53.4 Å². The van der Waals surface area contributed by atoms with Crippen molar-refractivity contribution in [3.63, 3.8) is 0 Å². The molecule has 760 valence electrons. The summed E-state index contributed by atoms with van der Waals surface area (Å²) < 4.78 is 572. The predicted molar refractivity (Wildman–Crippen MR) is 520 cm³/mol. The van der Waals surface area contributed by atoms with E-state index in [0.717, 1.165) is 0 Å². The fourth-order valence-corrected chi connectivity index (χ4v) is 1.51. The summed E-state index contributed by atoms with van der Waals surface area (Å²) in [6.07, 6.45) is 1.44. The van der Waals surface area contributed by atoms with E-state index in [0.29, 0.717) is 39.6 Å². The molecule has 0 N–H and O–H groups in total. The first kappa shape index (κ1) is 230. The van der Waals surface area contributed by atoms with E-state index in [1.807, 2.05) is 0 Å². The van der Waals surface area contributed by atoms with Crippen LogP contribution in [-0.4, -0.2) is 53.4 Å². The van der Waals surface area contributed by atoms with E-state index < -0.39 is 15.9 Å². The number of hydrogen-bond donors (Lipinski definition) is 0. The van der Waals surface area contributed by atoms with Crippen molar-refractivity contribution in [2.45, 2.75) is 0 Å². The van der Waals surface area contributed by atoms with Gasteiger partial charge in [-0.05, 0) is 4.57 Å². The van der Waals surface area contributed by atoms with Gasteiger partial charge in [-0.25, -0.2) is 9.13 Å². The summed E-state index contributed by atoms with van der Waals surface area (Å²) in [4.78, 5) is 0. The number of hydrogen-bond acceptors (Lipinski definition) is 66. The molecule has 0 aliphatic rings. The lowest BCUT2D eigenvalue weighted by molar-refractivity contribution is 0.0188. The first-order valence-electron chi connectivity index (χ1n) is 22.2. The smallest absolute Gasteiger partial charge is 0.382 e. The van der Waals surface area contributed by atoms with Gasteiger partial charge in [0.25, 0.3) is 473 Å². The predicted octanol–water partition coefficient (Wildman–Crippen LogP) is 46.1. The van der Waals surface area contributed by atoms with Gasteiger partial charge in [-0.2, -0.15) is 0 Å². The molecule has 137 heavy (non-hydrogen) atoms. The quantitative estimate of drug-likeness (QED) is 0.0311. The molecule has 0 aliphatic heterocycles. The van der Waals surface area contributed by atoms with Crippen LogP contribution in [0, 0.1) is 0 Å². The lowest BCUT2D eigenvalue weighted by atomic mass is 10.7. The Morgan fingerprint density at radius 2 is 0.263 bits per heavy atom. The Morgan fingerprint density at radius 3 is 0.336 bits per heavy atom. The van der Waals surface area contributed by atoms with Crippen LogP contribution in [0.1, 0.15) is 0 Å². The fourth-order valence-electron chi connectivity index (χ4n) is 0.738. The molecule has 0 fully saturated rings. The third-order valence-corrected chi connectivity index (χ3v) is 11.8. The summed E-state index contributed by atoms with van der Waals surface area (Å²) in [5.74, 6) is 0. The Kier molecular flexibility index (Phi) is 704. The van der Waals surface area contributed by atoms with E-state index in [1.54, 1.807) is 7.11 Å². The van der Waals surface area contributed by atoms with Crippen LogP contribution in [0.2, 0.25) is 0 Å². The fraction of sp³-hybridized carbons (Fsp3) is 0.800. The van der Waals surface area contributed by atoms with Gasteiger partial charge in [0.15, 0.2) is 0 Å². The molecule has 1 atom stereocenters. The van der Waals surface area contributed by atoms with Crippen molar-refractivity contribution >= 4 is 497 Å². The van der Waals surface area contributed by atoms with Crippen molar-refractivity contribution in [3.8, 4) is 0 Å². The second-order valence-corrected chi connectivity index (χ2v) is 48.4. The highest BCUT2D eigenvalue weighted by molar-refractivity contribution is 8.08. The average molecular weight is 3090 g/mol. The van der Waals surface area contributed by atoms with Gasteiger partial charge in [0, 0.05) is 7.11 Å². The molecule has 127 heteroatoms. The third-order valence-electron chi connectivity index (χ3n) is 2.51. The minimum Gasteiger partial charge on any atom is -0.382 e. The lowest BCUT2D eigenvalue weighted by Gasteiger charge is -2.03. The van der Waals surface area contributed by atoms with E-state index in [1.165, 1.54) is 6.08 Å². The van der Waals surface area contributed by atoms with Gasteiger partial charge in [-0.15, -0.1) is 11.1 Å². The van der Waals surface area contributed by atoms with Crippen LogP contribution in [0.25, 0.3) is 0 Å². The Hall–Kier alpha value is 5.64. The molecule has 0 aromatic heterocycles. The molecular formula is C10H20O66P61+. The molecule has 0 heterocycles. The zero-order valence-electron chi connectivity index (χ0n) is 61.5. The molecule has 66 nitrogen and oxygen atoms in total. The Bertz CT molecular complexity index is 2110. The molecule has 1 unspecified atom stereocenters. The zero-order chi connectivity index (χ0) is 115. The Labute approximate surface area is 857 Å². The summed E-state index contributed by atoms with van der Waals surface area (Å²) in [6, 6.07) is 0. The van der Waals surface area contributed by atoms with Gasteiger partial charge in [-0.3, -0.25) is 269 Å². The van der Waals surface area contributed by atoms with Gasteiger partial charge < -0.3 is 14.2 Å². The van der Waals surface area contributed by atoms with Crippen LogP contribution in [0.4, 0.5) is 0 Å². The second-order valence-electron chi connectivity index (χ2n) is 7.76. The van der Waals surface area contributed by atoms with Crippen molar-refractivity contribution in [3.05, 3.63) is 12.7 Å². The van der Waals surface area contributed by atoms with Crippen molar-refractivity contribution in [2.24, 2.45) is 0 Å². The van der Waals surface area contributed by atoms with Gasteiger partial charge in [0.05, 0.1) is 39.6 Å². The molecule has 0 radical (unpaired) electrons. The lowest BCUT2D eigenvalue weighted by Crippen LogP contribution is -2.10. The van der Waals surface area contributed by atoms with Crippen LogP contribution < -0.4 is 0 Å². The van der Waals surface area contributed by atoms with Gasteiger partial charge >= 0.3 is 24.6 Å². The van der Waals surface area contributed by atoms with E-state index in [2.05, 4.69) is 15.6 Å². The van der Waals surface area contributed by atoms with Gasteiger partial charge in [0.1, 0.15) is 6.61 Å². The minimum absolute atomic E-state index is 0.185. The first-order chi connectivity index (χ1) is 65.7. The molecule has 0 aliphatic carbocycles. The Balaban J connectivity index is -0.0000000294. The average Bonchev–Trinajstić information content (AvgIpc) is 1.11. The molecule has 0 rings (SSSR count). The molecule has 0 bridgehead atoms. The minimum atomic E-state index is -1.99. The molecule has 0 saturated carbocycles. The standard InChI is InChI=1S/C7H15O5P.C3H5O3P2.29O2P2/c1-9-2-3-10-4-5-11-6-7-12-13-8;1-2-3-6-8(5)7-4;29*1-3-4-2/h2-7H2,1H3;2H,1,3H2;;;;;;;;;;;;;;;;;;;;;;;;;;;;;/q;+1;;;;;;;;;;;;;;;;;;;;;;;;;;;;;.